The molecule has 0 aromatic carbocycles. The third-order valence-corrected chi connectivity index (χ3v) is 4.28. The maximum absolute atomic E-state index is 5.58. The molecule has 3 aromatic heterocycles. The minimum atomic E-state index is 0.249. The van der Waals surface area contributed by atoms with E-state index in [1.165, 1.54) is 0 Å². The SMILES string of the molecule is Cc1cc(C)n(-c2ccc(N3CCCC3c3ccco3)nn2)n1. The first kappa shape index (κ1) is 14.0. The molecular formula is C17H19N5O. The summed E-state index contributed by atoms with van der Waals surface area (Å²) in [5.74, 6) is 2.62. The van der Waals surface area contributed by atoms with Crippen LogP contribution in [-0.2, 0) is 0 Å². The van der Waals surface area contributed by atoms with E-state index in [9.17, 15) is 0 Å². The Kier molecular flexibility index (Phi) is 3.37. The van der Waals surface area contributed by atoms with Gasteiger partial charge in [-0.2, -0.15) is 5.10 Å². The van der Waals surface area contributed by atoms with Gasteiger partial charge in [-0.25, -0.2) is 4.68 Å². The largest absolute Gasteiger partial charge is 0.467 e. The molecule has 0 bridgehead atoms. The third-order valence-electron chi connectivity index (χ3n) is 4.28. The molecule has 1 unspecified atom stereocenters. The zero-order valence-corrected chi connectivity index (χ0v) is 13.3. The van der Waals surface area contributed by atoms with E-state index in [0.717, 1.165) is 48.2 Å². The molecule has 1 aliphatic rings. The molecule has 1 saturated heterocycles. The lowest BCUT2D eigenvalue weighted by Gasteiger charge is -2.23. The summed E-state index contributed by atoms with van der Waals surface area (Å²) in [7, 11) is 0. The first-order chi connectivity index (χ1) is 11.2. The number of rotatable bonds is 3. The Hall–Kier alpha value is -2.63. The Bertz CT molecular complexity index is 791. The van der Waals surface area contributed by atoms with Crippen molar-refractivity contribution in [2.75, 3.05) is 11.4 Å². The van der Waals surface area contributed by atoms with Gasteiger partial charge in [0, 0.05) is 12.2 Å². The molecule has 0 spiro atoms. The number of furan rings is 1. The molecule has 0 N–H and O–H groups in total. The van der Waals surface area contributed by atoms with Crippen molar-refractivity contribution in [2.45, 2.75) is 32.7 Å². The Labute approximate surface area is 134 Å². The quantitative estimate of drug-likeness (QED) is 0.743. The van der Waals surface area contributed by atoms with E-state index in [-0.39, 0.29) is 6.04 Å². The highest BCUT2D eigenvalue weighted by Gasteiger charge is 2.29. The summed E-state index contributed by atoms with van der Waals surface area (Å²) in [4.78, 5) is 2.26. The van der Waals surface area contributed by atoms with Gasteiger partial charge < -0.3 is 9.32 Å². The van der Waals surface area contributed by atoms with Crippen molar-refractivity contribution in [3.8, 4) is 5.82 Å². The van der Waals surface area contributed by atoms with Crippen LogP contribution in [0, 0.1) is 13.8 Å². The van der Waals surface area contributed by atoms with Crippen molar-refractivity contribution in [1.82, 2.24) is 20.0 Å². The zero-order chi connectivity index (χ0) is 15.8. The highest BCUT2D eigenvalue weighted by atomic mass is 16.3. The van der Waals surface area contributed by atoms with Gasteiger partial charge in [0.2, 0.25) is 0 Å². The Balaban J connectivity index is 1.62. The van der Waals surface area contributed by atoms with Crippen LogP contribution in [0.5, 0.6) is 0 Å². The summed E-state index contributed by atoms with van der Waals surface area (Å²) in [6.07, 6.45) is 3.93. The van der Waals surface area contributed by atoms with Gasteiger partial charge in [-0.15, -0.1) is 10.2 Å². The fourth-order valence-corrected chi connectivity index (χ4v) is 3.26. The summed E-state index contributed by atoms with van der Waals surface area (Å²) < 4.78 is 7.40. The minimum Gasteiger partial charge on any atom is -0.467 e. The van der Waals surface area contributed by atoms with Gasteiger partial charge in [0.25, 0.3) is 0 Å². The van der Waals surface area contributed by atoms with Gasteiger partial charge in [-0.3, -0.25) is 0 Å². The number of anilines is 1. The second-order valence-corrected chi connectivity index (χ2v) is 5.96. The van der Waals surface area contributed by atoms with Gasteiger partial charge in [-0.05, 0) is 57.0 Å². The standard InChI is InChI=1S/C17H19N5O/c1-12-11-13(2)22(20-12)17-8-7-16(18-19-17)21-9-3-5-14(21)15-6-4-10-23-15/h4,6-8,10-11,14H,3,5,9H2,1-2H3. The van der Waals surface area contributed by atoms with E-state index in [1.54, 1.807) is 6.26 Å². The lowest BCUT2D eigenvalue weighted by molar-refractivity contribution is 0.464. The Morgan fingerprint density at radius 1 is 1.13 bits per heavy atom. The van der Waals surface area contributed by atoms with Crippen LogP contribution in [0.15, 0.2) is 41.0 Å². The van der Waals surface area contributed by atoms with Crippen LogP contribution in [0.25, 0.3) is 5.82 Å². The molecule has 23 heavy (non-hydrogen) atoms. The van der Waals surface area contributed by atoms with Crippen LogP contribution in [0.1, 0.15) is 36.0 Å². The third kappa shape index (κ3) is 2.50. The molecule has 4 rings (SSSR count). The van der Waals surface area contributed by atoms with Crippen molar-refractivity contribution in [3.05, 3.63) is 53.7 Å². The summed E-state index contributed by atoms with van der Waals surface area (Å²) in [5.41, 5.74) is 2.03. The van der Waals surface area contributed by atoms with E-state index >= 15 is 0 Å². The average molecular weight is 309 g/mol. The molecule has 0 amide bonds. The average Bonchev–Trinajstić information content (AvgIpc) is 3.27. The number of nitrogens with zero attached hydrogens (tertiary/aromatic N) is 5. The monoisotopic (exact) mass is 309 g/mol. The van der Waals surface area contributed by atoms with E-state index in [2.05, 4.69) is 20.2 Å². The van der Waals surface area contributed by atoms with Crippen molar-refractivity contribution in [1.29, 1.82) is 0 Å². The Morgan fingerprint density at radius 3 is 2.61 bits per heavy atom. The van der Waals surface area contributed by atoms with Crippen LogP contribution in [0.4, 0.5) is 5.82 Å². The molecule has 0 radical (unpaired) electrons. The Morgan fingerprint density at radius 2 is 1.96 bits per heavy atom. The molecule has 3 aromatic rings. The maximum Gasteiger partial charge on any atom is 0.176 e. The molecule has 4 heterocycles. The van der Waals surface area contributed by atoms with E-state index < -0.39 is 0 Å². The first-order valence-corrected chi connectivity index (χ1v) is 7.90. The van der Waals surface area contributed by atoms with Crippen molar-refractivity contribution < 1.29 is 4.42 Å². The highest BCUT2D eigenvalue weighted by molar-refractivity contribution is 5.43. The van der Waals surface area contributed by atoms with Gasteiger partial charge in [0.05, 0.1) is 18.0 Å². The fraction of sp³-hybridized carbons (Fsp3) is 0.353. The lowest BCUT2D eigenvalue weighted by Crippen LogP contribution is -2.23. The number of aromatic nitrogens is 4. The van der Waals surface area contributed by atoms with Gasteiger partial charge in [0.15, 0.2) is 11.6 Å². The maximum atomic E-state index is 5.58. The lowest BCUT2D eigenvalue weighted by atomic mass is 10.1. The second kappa shape index (κ2) is 5.53. The summed E-state index contributed by atoms with van der Waals surface area (Å²) in [5, 5.41) is 13.2. The molecule has 1 atom stereocenters. The van der Waals surface area contributed by atoms with Gasteiger partial charge in [-0.1, -0.05) is 0 Å². The van der Waals surface area contributed by atoms with Crippen LogP contribution in [-0.4, -0.2) is 26.5 Å². The fourth-order valence-electron chi connectivity index (χ4n) is 3.26. The topological polar surface area (TPSA) is 60.0 Å². The first-order valence-electron chi connectivity index (χ1n) is 7.90. The number of hydrogen-bond acceptors (Lipinski definition) is 5. The predicted octanol–water partition coefficient (Wildman–Crippen LogP) is 3.21. The van der Waals surface area contributed by atoms with Crippen LogP contribution in [0.3, 0.4) is 0 Å². The van der Waals surface area contributed by atoms with Crippen molar-refractivity contribution in [2.24, 2.45) is 0 Å². The van der Waals surface area contributed by atoms with Crippen molar-refractivity contribution >= 4 is 5.82 Å². The van der Waals surface area contributed by atoms with Crippen LogP contribution in [0.2, 0.25) is 0 Å². The van der Waals surface area contributed by atoms with Gasteiger partial charge >= 0.3 is 0 Å². The smallest absolute Gasteiger partial charge is 0.176 e. The van der Waals surface area contributed by atoms with E-state index in [1.807, 2.05) is 48.9 Å². The van der Waals surface area contributed by atoms with E-state index in [4.69, 9.17) is 4.42 Å². The molecule has 0 saturated carbocycles. The zero-order valence-electron chi connectivity index (χ0n) is 13.3. The van der Waals surface area contributed by atoms with Crippen LogP contribution < -0.4 is 4.90 Å². The normalized spacial score (nSPS) is 17.8. The molecule has 6 nitrogen and oxygen atoms in total. The molecule has 6 heteroatoms. The molecule has 1 aliphatic heterocycles. The van der Waals surface area contributed by atoms with E-state index in [0.29, 0.717) is 0 Å². The molecule has 1 fully saturated rings. The predicted molar refractivity (Wildman–Crippen MR) is 86.7 cm³/mol. The molecule has 118 valence electrons. The van der Waals surface area contributed by atoms with Crippen molar-refractivity contribution in [3.63, 3.8) is 0 Å². The summed E-state index contributed by atoms with van der Waals surface area (Å²) >= 11 is 0. The number of hydrogen-bond donors (Lipinski definition) is 0. The molecule has 0 aliphatic carbocycles. The van der Waals surface area contributed by atoms with Gasteiger partial charge in [0.1, 0.15) is 5.76 Å². The highest BCUT2D eigenvalue weighted by Crippen LogP contribution is 2.35. The number of aryl methyl sites for hydroxylation is 2. The minimum absolute atomic E-state index is 0.249. The van der Waals surface area contributed by atoms with Crippen LogP contribution >= 0.6 is 0 Å². The second-order valence-electron chi connectivity index (χ2n) is 5.96. The molecular weight excluding hydrogens is 290 g/mol. The summed E-state index contributed by atoms with van der Waals surface area (Å²) in [6.45, 7) is 4.96. The summed E-state index contributed by atoms with van der Waals surface area (Å²) in [6, 6.07) is 10.2.